The van der Waals surface area contributed by atoms with E-state index in [9.17, 15) is 9.59 Å². The molecular weight excluding hydrogens is 412 g/mol. The number of carbonyl (C=O) groups is 2. The lowest BCUT2D eigenvalue weighted by molar-refractivity contribution is -0.116. The maximum absolute atomic E-state index is 12.8. The van der Waals surface area contributed by atoms with Crippen LogP contribution in [-0.4, -0.2) is 22.1 Å². The minimum Gasteiger partial charge on any atom is -0.299 e. The summed E-state index contributed by atoms with van der Waals surface area (Å²) in [5.41, 5.74) is 2.04. The van der Waals surface area contributed by atoms with Crippen molar-refractivity contribution >= 4 is 34.9 Å². The van der Waals surface area contributed by atoms with Gasteiger partial charge in [0.15, 0.2) is 5.78 Å². The zero-order chi connectivity index (χ0) is 21.9. The van der Waals surface area contributed by atoms with Gasteiger partial charge in [-0.2, -0.15) is 0 Å². The van der Waals surface area contributed by atoms with E-state index in [0.717, 1.165) is 0 Å². The van der Waals surface area contributed by atoms with Gasteiger partial charge < -0.3 is 0 Å². The zero-order valence-corrected chi connectivity index (χ0v) is 19.7. The number of allylic oxidation sites excluding steroid dienone is 4. The van der Waals surface area contributed by atoms with Crippen LogP contribution in [0.5, 0.6) is 0 Å². The maximum Gasteiger partial charge on any atom is 0.164 e. The molecule has 0 spiro atoms. The van der Waals surface area contributed by atoms with Gasteiger partial charge >= 0.3 is 0 Å². The van der Waals surface area contributed by atoms with Crippen LogP contribution in [0.25, 0.3) is 0 Å². The second-order valence-electron chi connectivity index (χ2n) is 8.01. The summed E-state index contributed by atoms with van der Waals surface area (Å²) in [6.07, 6.45) is 14.7. The fraction of sp³-hybridized carbons (Fsp3) is 0.462. The third kappa shape index (κ3) is 8.28. The molecule has 0 aliphatic heterocycles. The number of rotatable bonds is 11. The first-order chi connectivity index (χ1) is 14.4. The average molecular weight is 445 g/mol. The molecule has 2 rings (SSSR count). The van der Waals surface area contributed by atoms with Crippen molar-refractivity contribution in [1.29, 1.82) is 0 Å². The number of hydrogen-bond acceptors (Lipinski definition) is 3. The van der Waals surface area contributed by atoms with E-state index in [1.165, 1.54) is 49.4 Å². The van der Waals surface area contributed by atoms with Crippen molar-refractivity contribution in [3.8, 4) is 0 Å². The Labute approximate surface area is 190 Å². The van der Waals surface area contributed by atoms with Gasteiger partial charge in [-0.05, 0) is 44.2 Å². The van der Waals surface area contributed by atoms with Gasteiger partial charge in [0, 0.05) is 28.7 Å². The van der Waals surface area contributed by atoms with Crippen LogP contribution in [-0.2, 0) is 4.79 Å². The van der Waals surface area contributed by atoms with Gasteiger partial charge in [0.1, 0.15) is 5.78 Å². The lowest BCUT2D eigenvalue weighted by Crippen LogP contribution is -2.21. The van der Waals surface area contributed by atoms with Gasteiger partial charge in [-0.25, -0.2) is 0 Å². The molecule has 1 aliphatic rings. The fourth-order valence-electron chi connectivity index (χ4n) is 3.82. The van der Waals surface area contributed by atoms with E-state index in [2.05, 4.69) is 18.7 Å². The molecule has 30 heavy (non-hydrogen) atoms. The van der Waals surface area contributed by atoms with Crippen LogP contribution >= 0.6 is 23.4 Å². The topological polar surface area (TPSA) is 34.1 Å². The van der Waals surface area contributed by atoms with Gasteiger partial charge in [-0.15, -0.1) is 11.8 Å². The standard InChI is InChI=1S/C26H33ClO2S/c1-4-9-24(27)13-8-10-19(2)30-26(20(3)28)18-25(29)23-16-14-22(15-17-23)21-11-6-5-7-12-21/h4,8-10,14-17,19,21,26H,1,5-7,11-13,18H2,2-3H3/b10-8-,24-9+. The highest BCUT2D eigenvalue weighted by molar-refractivity contribution is 8.01. The van der Waals surface area contributed by atoms with E-state index >= 15 is 0 Å². The first-order valence-electron chi connectivity index (χ1n) is 10.8. The Balaban J connectivity index is 1.92. The van der Waals surface area contributed by atoms with Gasteiger partial charge in [-0.1, -0.05) is 79.9 Å². The number of halogens is 1. The van der Waals surface area contributed by atoms with Crippen LogP contribution in [0.1, 0.15) is 80.6 Å². The minimum absolute atomic E-state index is 0.0334. The average Bonchev–Trinajstić information content (AvgIpc) is 2.74. The smallest absolute Gasteiger partial charge is 0.164 e. The molecule has 162 valence electrons. The van der Waals surface area contributed by atoms with Crippen molar-refractivity contribution in [3.63, 3.8) is 0 Å². The van der Waals surface area contributed by atoms with Crippen LogP contribution in [0.2, 0.25) is 0 Å². The molecule has 0 radical (unpaired) electrons. The van der Waals surface area contributed by atoms with Crippen LogP contribution in [0, 0.1) is 0 Å². The number of ketones is 2. The van der Waals surface area contributed by atoms with E-state index < -0.39 is 0 Å². The summed E-state index contributed by atoms with van der Waals surface area (Å²) in [6.45, 7) is 7.23. The molecule has 1 fully saturated rings. The van der Waals surface area contributed by atoms with Crippen molar-refractivity contribution in [1.82, 2.24) is 0 Å². The molecule has 0 heterocycles. The molecule has 2 unspecified atom stereocenters. The van der Waals surface area contributed by atoms with Crippen molar-refractivity contribution in [2.75, 3.05) is 0 Å². The summed E-state index contributed by atoms with van der Waals surface area (Å²) in [4.78, 5) is 24.9. The highest BCUT2D eigenvalue weighted by Crippen LogP contribution is 2.33. The molecule has 0 bridgehead atoms. The number of hydrogen-bond donors (Lipinski definition) is 0. The molecule has 1 aromatic carbocycles. The molecular formula is C26H33ClO2S. The van der Waals surface area contributed by atoms with Crippen molar-refractivity contribution in [2.24, 2.45) is 0 Å². The third-order valence-corrected chi connectivity index (χ3v) is 7.22. The molecule has 0 aromatic heterocycles. The predicted octanol–water partition coefficient (Wildman–Crippen LogP) is 7.64. The second kappa shape index (κ2) is 13.0. The van der Waals surface area contributed by atoms with Gasteiger partial charge in [0.2, 0.25) is 0 Å². The zero-order valence-electron chi connectivity index (χ0n) is 18.1. The molecule has 0 saturated heterocycles. The summed E-state index contributed by atoms with van der Waals surface area (Å²) in [5.74, 6) is 0.703. The molecule has 0 amide bonds. The largest absolute Gasteiger partial charge is 0.299 e. The molecule has 2 nitrogen and oxygen atoms in total. The van der Waals surface area contributed by atoms with E-state index in [1.807, 2.05) is 31.2 Å². The lowest BCUT2D eigenvalue weighted by Gasteiger charge is -2.22. The van der Waals surface area contributed by atoms with Crippen LogP contribution in [0.3, 0.4) is 0 Å². The fourth-order valence-corrected chi connectivity index (χ4v) is 5.16. The molecule has 1 aliphatic carbocycles. The number of thioether (sulfide) groups is 1. The highest BCUT2D eigenvalue weighted by Gasteiger charge is 2.22. The highest BCUT2D eigenvalue weighted by atomic mass is 35.5. The van der Waals surface area contributed by atoms with Crippen LogP contribution in [0.4, 0.5) is 0 Å². The second-order valence-corrected chi connectivity index (χ2v) is 10.1. The van der Waals surface area contributed by atoms with Crippen LogP contribution < -0.4 is 0 Å². The number of carbonyl (C=O) groups excluding carboxylic acids is 2. The van der Waals surface area contributed by atoms with E-state index in [0.29, 0.717) is 22.9 Å². The Morgan fingerprint density at radius 1 is 1.20 bits per heavy atom. The van der Waals surface area contributed by atoms with Crippen molar-refractivity contribution < 1.29 is 9.59 Å². The van der Waals surface area contributed by atoms with Gasteiger partial charge in [0.25, 0.3) is 0 Å². The van der Waals surface area contributed by atoms with E-state index in [1.54, 1.807) is 19.1 Å². The summed E-state index contributed by atoms with van der Waals surface area (Å²) >= 11 is 7.58. The van der Waals surface area contributed by atoms with E-state index in [-0.39, 0.29) is 28.5 Å². The summed E-state index contributed by atoms with van der Waals surface area (Å²) < 4.78 is 0. The Hall–Kier alpha value is -1.58. The normalized spacial score (nSPS) is 17.6. The summed E-state index contributed by atoms with van der Waals surface area (Å²) in [6, 6.07) is 8.08. The molecule has 0 N–H and O–H groups in total. The van der Waals surface area contributed by atoms with Gasteiger partial charge in [0.05, 0.1) is 5.25 Å². The summed E-state index contributed by atoms with van der Waals surface area (Å²) in [7, 11) is 0. The van der Waals surface area contributed by atoms with Crippen LogP contribution in [0.15, 0.2) is 60.2 Å². The Bertz CT molecular complexity index is 773. The maximum atomic E-state index is 12.8. The van der Waals surface area contributed by atoms with Gasteiger partial charge in [-0.3, -0.25) is 9.59 Å². The first-order valence-corrected chi connectivity index (χ1v) is 12.2. The molecule has 1 aromatic rings. The molecule has 2 atom stereocenters. The molecule has 1 saturated carbocycles. The van der Waals surface area contributed by atoms with Crippen molar-refractivity contribution in [2.45, 2.75) is 75.2 Å². The Morgan fingerprint density at radius 2 is 1.87 bits per heavy atom. The monoisotopic (exact) mass is 444 g/mol. The molecule has 4 heteroatoms. The van der Waals surface area contributed by atoms with E-state index in [4.69, 9.17) is 11.6 Å². The SMILES string of the molecule is C=C/C=C(/Cl)C/C=C\C(C)SC(CC(=O)c1ccc(C2CCCCC2)cc1)C(C)=O. The predicted molar refractivity (Wildman–Crippen MR) is 131 cm³/mol. The minimum atomic E-state index is -0.339. The Morgan fingerprint density at radius 3 is 2.47 bits per heavy atom. The number of Topliss-reactive ketones (excluding diaryl/α,β-unsaturated/α-hetero) is 2. The lowest BCUT2D eigenvalue weighted by atomic mass is 9.84. The number of benzene rings is 1. The van der Waals surface area contributed by atoms with Crippen molar-refractivity contribution in [3.05, 3.63) is 71.3 Å². The quantitative estimate of drug-likeness (QED) is 0.200. The Kier molecular flexibility index (Phi) is 10.7. The third-order valence-electron chi connectivity index (χ3n) is 5.53. The summed E-state index contributed by atoms with van der Waals surface area (Å²) in [5, 5.41) is 0.497. The first kappa shape index (κ1) is 24.7.